The van der Waals surface area contributed by atoms with E-state index < -0.39 is 0 Å². The summed E-state index contributed by atoms with van der Waals surface area (Å²) in [4.78, 5) is 2.55. The Balaban J connectivity index is 1.29. The molecule has 0 N–H and O–H groups in total. The maximum atomic E-state index is 3.36. The average molecular weight is 507 g/mol. The van der Waals surface area contributed by atoms with Crippen LogP contribution < -0.4 is 15.7 Å². The molecule has 0 fully saturated rings. The zero-order valence-corrected chi connectivity index (χ0v) is 22.3. The molecule has 5 aromatic carbocycles. The van der Waals surface area contributed by atoms with Gasteiger partial charge in [0, 0.05) is 22.5 Å². The maximum Gasteiger partial charge on any atom is 0.329 e. The second kappa shape index (κ2) is 9.02. The van der Waals surface area contributed by atoms with Gasteiger partial charge in [0.25, 0.3) is 0 Å². The molecule has 5 aromatic rings. The molecule has 186 valence electrons. The number of allylic oxidation sites excluding steroid dienone is 5. The van der Waals surface area contributed by atoms with Crippen molar-refractivity contribution in [1.29, 1.82) is 0 Å². The molecule has 40 heavy (non-hydrogen) atoms. The normalized spacial score (nSPS) is 14.2. The van der Waals surface area contributed by atoms with Crippen molar-refractivity contribution in [2.45, 2.75) is 6.92 Å². The largest absolute Gasteiger partial charge is 0.376 e. The second-order valence-corrected chi connectivity index (χ2v) is 10.7. The van der Waals surface area contributed by atoms with E-state index in [0.717, 1.165) is 5.57 Å². The highest BCUT2D eigenvalue weighted by Gasteiger charge is 2.41. The first-order chi connectivity index (χ1) is 19.8. The van der Waals surface area contributed by atoms with Gasteiger partial charge >= 0.3 is 6.85 Å². The number of anilines is 2. The Hall–Kier alpha value is -5.04. The standard InChI is InChI=1S/C38H26BN/c1-26-9-8-10-27(18-17-26)28-19-21-29(22-20-28)30-23-24-32-34-13-4-7-16-38(34)40-37-15-6-3-12-33(37)31-11-2-5-14-35(31)39(40)36(32)25-30/h2-16,18-25H,1H3. The predicted octanol–water partition coefficient (Wildman–Crippen LogP) is 8.31. The summed E-state index contributed by atoms with van der Waals surface area (Å²) >= 11 is 0. The van der Waals surface area contributed by atoms with Gasteiger partial charge in [-0.15, -0.1) is 5.73 Å². The fraction of sp³-hybridized carbons (Fsp3) is 0.0263. The van der Waals surface area contributed by atoms with Crippen molar-refractivity contribution in [3.63, 3.8) is 0 Å². The molecule has 1 nitrogen and oxygen atoms in total. The summed E-state index contributed by atoms with van der Waals surface area (Å²) in [5.74, 6) is 0. The van der Waals surface area contributed by atoms with Crippen LogP contribution in [0.3, 0.4) is 0 Å². The van der Waals surface area contributed by atoms with Crippen LogP contribution in [0, 0.1) is 0 Å². The SMILES string of the molecule is CC1=C=CC(c2ccc(-c3ccc4c(c3)B3c5ccccc5-c5ccccc5N3c3ccccc3-4)cc2)=CC=C1. The van der Waals surface area contributed by atoms with E-state index in [0.29, 0.717) is 0 Å². The Morgan fingerprint density at radius 3 is 1.93 bits per heavy atom. The third kappa shape index (κ3) is 3.51. The number of fused-ring (bicyclic) bond motifs is 11. The van der Waals surface area contributed by atoms with Gasteiger partial charge in [0.2, 0.25) is 0 Å². The molecule has 2 heteroatoms. The number of rotatable bonds is 2. The molecular weight excluding hydrogens is 481 g/mol. The molecule has 0 saturated carbocycles. The van der Waals surface area contributed by atoms with Crippen molar-refractivity contribution in [2.24, 2.45) is 0 Å². The zero-order valence-electron chi connectivity index (χ0n) is 22.3. The predicted molar refractivity (Wildman–Crippen MR) is 171 cm³/mol. The van der Waals surface area contributed by atoms with Gasteiger partial charge in [0.15, 0.2) is 0 Å². The van der Waals surface area contributed by atoms with Crippen LogP contribution in [0.1, 0.15) is 12.5 Å². The second-order valence-electron chi connectivity index (χ2n) is 10.7. The number of hydrogen-bond acceptors (Lipinski definition) is 1. The first-order valence-corrected chi connectivity index (χ1v) is 13.9. The lowest BCUT2D eigenvalue weighted by molar-refractivity contribution is 1.35. The van der Waals surface area contributed by atoms with Crippen LogP contribution >= 0.6 is 0 Å². The number of para-hydroxylation sites is 2. The first kappa shape index (κ1) is 22.9. The Morgan fingerprint density at radius 2 is 1.18 bits per heavy atom. The summed E-state index contributed by atoms with van der Waals surface area (Å²) in [6.07, 6.45) is 8.42. The van der Waals surface area contributed by atoms with Crippen LogP contribution in [0.4, 0.5) is 11.4 Å². The van der Waals surface area contributed by atoms with Crippen molar-refractivity contribution in [3.05, 3.63) is 156 Å². The average Bonchev–Trinajstić information content (AvgIpc) is 3.25. The van der Waals surface area contributed by atoms with Crippen LogP contribution in [0.15, 0.2) is 151 Å². The van der Waals surface area contributed by atoms with Crippen molar-refractivity contribution in [3.8, 4) is 33.4 Å². The fourth-order valence-corrected chi connectivity index (χ4v) is 6.49. The van der Waals surface area contributed by atoms with Gasteiger partial charge in [0.05, 0.1) is 0 Å². The summed E-state index contributed by atoms with van der Waals surface area (Å²) < 4.78 is 0. The minimum absolute atomic E-state index is 0.110. The van der Waals surface area contributed by atoms with E-state index in [1.165, 1.54) is 66.8 Å². The van der Waals surface area contributed by atoms with Crippen LogP contribution in [-0.2, 0) is 0 Å². The first-order valence-electron chi connectivity index (χ1n) is 13.9. The summed E-state index contributed by atoms with van der Waals surface area (Å²) in [5.41, 5.74) is 19.8. The van der Waals surface area contributed by atoms with Gasteiger partial charge in [-0.05, 0) is 75.0 Å². The number of benzene rings is 5. The van der Waals surface area contributed by atoms with Gasteiger partial charge in [0.1, 0.15) is 0 Å². The van der Waals surface area contributed by atoms with Crippen LogP contribution in [-0.4, -0.2) is 6.85 Å². The summed E-state index contributed by atoms with van der Waals surface area (Å²) in [7, 11) is 0. The molecule has 0 bridgehead atoms. The highest BCUT2D eigenvalue weighted by Crippen LogP contribution is 2.45. The lowest BCUT2D eigenvalue weighted by Crippen LogP contribution is -2.59. The quantitative estimate of drug-likeness (QED) is 0.172. The van der Waals surface area contributed by atoms with Gasteiger partial charge < -0.3 is 4.81 Å². The van der Waals surface area contributed by atoms with Gasteiger partial charge in [-0.25, -0.2) is 0 Å². The van der Waals surface area contributed by atoms with Crippen LogP contribution in [0.5, 0.6) is 0 Å². The topological polar surface area (TPSA) is 3.24 Å². The Labute approximate surface area is 235 Å². The molecule has 0 radical (unpaired) electrons. The van der Waals surface area contributed by atoms with E-state index in [-0.39, 0.29) is 6.85 Å². The molecule has 2 aliphatic heterocycles. The number of hydrogen-bond donors (Lipinski definition) is 0. The molecule has 0 spiro atoms. The molecule has 1 aliphatic carbocycles. The highest BCUT2D eigenvalue weighted by atomic mass is 15.1. The molecular formula is C38H26BN. The van der Waals surface area contributed by atoms with Gasteiger partial charge in [-0.3, -0.25) is 0 Å². The van der Waals surface area contributed by atoms with Crippen molar-refractivity contribution < 1.29 is 0 Å². The third-order valence-electron chi connectivity index (χ3n) is 8.40. The maximum absolute atomic E-state index is 3.36. The minimum atomic E-state index is 0.110. The molecule has 2 heterocycles. The molecule has 3 aliphatic rings. The molecule has 8 rings (SSSR count). The van der Waals surface area contributed by atoms with Gasteiger partial charge in [-0.2, -0.15) is 0 Å². The van der Waals surface area contributed by atoms with E-state index in [2.05, 4.69) is 157 Å². The molecule has 0 unspecified atom stereocenters. The van der Waals surface area contributed by atoms with Crippen molar-refractivity contribution in [1.82, 2.24) is 0 Å². The fourth-order valence-electron chi connectivity index (χ4n) is 6.49. The van der Waals surface area contributed by atoms with E-state index >= 15 is 0 Å². The Bertz CT molecular complexity index is 1950. The highest BCUT2D eigenvalue weighted by molar-refractivity contribution is 6.92. The minimum Gasteiger partial charge on any atom is -0.376 e. The Morgan fingerprint density at radius 1 is 0.575 bits per heavy atom. The summed E-state index contributed by atoms with van der Waals surface area (Å²) in [6, 6.07) is 42.6. The van der Waals surface area contributed by atoms with Crippen LogP contribution in [0.2, 0.25) is 0 Å². The van der Waals surface area contributed by atoms with Crippen molar-refractivity contribution in [2.75, 3.05) is 4.81 Å². The number of nitrogens with zero attached hydrogens (tertiary/aromatic N) is 1. The lowest BCUT2D eigenvalue weighted by atomic mass is 9.43. The van der Waals surface area contributed by atoms with E-state index in [4.69, 9.17) is 0 Å². The van der Waals surface area contributed by atoms with Crippen LogP contribution in [0.25, 0.3) is 39.0 Å². The third-order valence-corrected chi connectivity index (χ3v) is 8.40. The van der Waals surface area contributed by atoms with E-state index in [1.807, 2.05) is 0 Å². The molecule has 0 saturated heterocycles. The van der Waals surface area contributed by atoms with Crippen molar-refractivity contribution >= 4 is 34.7 Å². The molecule has 0 amide bonds. The molecule has 0 atom stereocenters. The van der Waals surface area contributed by atoms with E-state index in [9.17, 15) is 0 Å². The smallest absolute Gasteiger partial charge is 0.329 e. The zero-order chi connectivity index (χ0) is 26.6. The van der Waals surface area contributed by atoms with Gasteiger partial charge in [-0.1, -0.05) is 121 Å². The molecule has 0 aromatic heterocycles. The summed E-state index contributed by atoms with van der Waals surface area (Å²) in [6.45, 7) is 2.18. The lowest BCUT2D eigenvalue weighted by Gasteiger charge is -2.43. The monoisotopic (exact) mass is 507 g/mol. The Kier molecular flexibility index (Phi) is 5.17. The van der Waals surface area contributed by atoms with E-state index in [1.54, 1.807) is 0 Å². The summed E-state index contributed by atoms with van der Waals surface area (Å²) in [5, 5.41) is 0.